The maximum absolute atomic E-state index is 13.7. The number of aromatic nitrogens is 2. The van der Waals surface area contributed by atoms with E-state index in [1.807, 2.05) is 44.2 Å². The summed E-state index contributed by atoms with van der Waals surface area (Å²) in [6.07, 6.45) is 3.11. The van der Waals surface area contributed by atoms with E-state index in [0.717, 1.165) is 5.56 Å². The van der Waals surface area contributed by atoms with Gasteiger partial charge in [0.05, 0.1) is 12.1 Å². The van der Waals surface area contributed by atoms with Gasteiger partial charge in [0.2, 0.25) is 18.1 Å². The van der Waals surface area contributed by atoms with Gasteiger partial charge < -0.3 is 24.2 Å². The molecule has 37 heavy (non-hydrogen) atoms. The summed E-state index contributed by atoms with van der Waals surface area (Å²) in [5, 5.41) is 5.67. The molecular formula is C25H31BN4O7. The third-order valence-electron chi connectivity index (χ3n) is 6.67. The van der Waals surface area contributed by atoms with Crippen molar-refractivity contribution in [1.82, 2.24) is 20.6 Å². The molecule has 2 aliphatic heterocycles. The number of hydrogen-bond donors (Lipinski definition) is 2. The number of benzene rings is 1. The zero-order valence-electron chi connectivity index (χ0n) is 21.2. The van der Waals surface area contributed by atoms with Gasteiger partial charge in [0.1, 0.15) is 11.7 Å². The van der Waals surface area contributed by atoms with Crippen LogP contribution in [0.3, 0.4) is 0 Å². The van der Waals surface area contributed by atoms with Gasteiger partial charge >= 0.3 is 18.7 Å². The molecule has 3 heterocycles. The van der Waals surface area contributed by atoms with E-state index in [2.05, 4.69) is 24.9 Å². The Balaban J connectivity index is 1.63. The summed E-state index contributed by atoms with van der Waals surface area (Å²) in [5.74, 6) is -2.99. The second-order valence-corrected chi connectivity index (χ2v) is 9.81. The van der Waals surface area contributed by atoms with E-state index in [1.54, 1.807) is 13.8 Å². The standard InChI is InChI=1S/C25H31BN4O7/c1-15(2)12-21(26-35-24(33)16(3)37(26)17(4)25(34)36-26)30-22(31)19(13-18-8-6-5-7-9-18)29-23(32)20-14-27-10-11-28-20/h5-11,14-17,19,21H,12-13H2,1-4H3,(H,29,32)(H,30,31)/t16-,17+,19-,21-,26?/m0/s1. The second-order valence-electron chi connectivity index (χ2n) is 9.81. The highest BCUT2D eigenvalue weighted by Gasteiger charge is 2.72. The summed E-state index contributed by atoms with van der Waals surface area (Å²) in [6, 6.07) is 8.23. The second kappa shape index (κ2) is 10.7. The van der Waals surface area contributed by atoms with Crippen LogP contribution in [0.2, 0.25) is 0 Å². The Morgan fingerprint density at radius 1 is 1.03 bits per heavy atom. The summed E-state index contributed by atoms with van der Waals surface area (Å²) in [7, 11) is 0. The van der Waals surface area contributed by atoms with Crippen LogP contribution < -0.4 is 10.6 Å². The Labute approximate surface area is 215 Å². The van der Waals surface area contributed by atoms with Crippen molar-refractivity contribution in [1.29, 1.82) is 0 Å². The van der Waals surface area contributed by atoms with E-state index >= 15 is 0 Å². The van der Waals surface area contributed by atoms with Crippen molar-refractivity contribution in [2.45, 2.75) is 64.7 Å². The number of carbonyl (C=O) groups excluding carboxylic acids is 4. The highest BCUT2D eigenvalue weighted by molar-refractivity contribution is 6.70. The first kappa shape index (κ1) is 26.3. The third kappa shape index (κ3) is 5.34. The van der Waals surface area contributed by atoms with Crippen LogP contribution in [0.1, 0.15) is 50.2 Å². The number of rotatable bonds is 9. The molecule has 2 amide bonds. The highest BCUT2D eigenvalue weighted by atomic mass is 16.9. The maximum Gasteiger partial charge on any atom is 0.706 e. The molecule has 5 atom stereocenters. The minimum Gasteiger partial charge on any atom is -0.577 e. The van der Waals surface area contributed by atoms with Gasteiger partial charge in [-0.15, -0.1) is 0 Å². The molecule has 11 nitrogen and oxygen atoms in total. The fourth-order valence-corrected chi connectivity index (χ4v) is 4.93. The molecule has 1 aromatic carbocycles. The summed E-state index contributed by atoms with van der Waals surface area (Å²) in [4.78, 5) is 59.6. The molecule has 1 unspecified atom stereocenters. The predicted molar refractivity (Wildman–Crippen MR) is 133 cm³/mol. The van der Waals surface area contributed by atoms with Crippen molar-refractivity contribution in [3.05, 3.63) is 60.2 Å². The lowest BCUT2D eigenvalue weighted by Gasteiger charge is -2.39. The van der Waals surface area contributed by atoms with E-state index in [-0.39, 0.29) is 18.0 Å². The smallest absolute Gasteiger partial charge is 0.577 e. The lowest BCUT2D eigenvalue weighted by atomic mass is 9.65. The Morgan fingerprint density at radius 2 is 1.68 bits per heavy atom. The molecule has 2 N–H and O–H groups in total. The van der Waals surface area contributed by atoms with Gasteiger partial charge in [0, 0.05) is 32.7 Å². The Morgan fingerprint density at radius 3 is 2.24 bits per heavy atom. The number of hydrogen-bond acceptors (Lipinski definition) is 8. The molecule has 0 bridgehead atoms. The number of carbonyl (C=O) groups is 4. The van der Waals surface area contributed by atoms with E-state index in [0.29, 0.717) is 6.42 Å². The van der Waals surface area contributed by atoms with Gasteiger partial charge in [-0.1, -0.05) is 44.2 Å². The molecule has 2 aromatic rings. The van der Waals surface area contributed by atoms with Crippen molar-refractivity contribution in [2.75, 3.05) is 0 Å². The quantitative estimate of drug-likeness (QED) is 0.380. The summed E-state index contributed by atoms with van der Waals surface area (Å²) < 4.78 is 14.1. The Kier molecular flexibility index (Phi) is 7.58. The summed E-state index contributed by atoms with van der Waals surface area (Å²) in [6.45, 7) is 4.40. The molecular weight excluding hydrogens is 479 g/mol. The number of amides is 2. The zero-order chi connectivity index (χ0) is 26.7. The van der Waals surface area contributed by atoms with Crippen molar-refractivity contribution in [3.8, 4) is 0 Å². The van der Waals surface area contributed by atoms with E-state index in [4.69, 9.17) is 9.31 Å². The molecule has 0 saturated carbocycles. The van der Waals surface area contributed by atoms with Crippen LogP contribution in [-0.4, -0.2) is 64.7 Å². The van der Waals surface area contributed by atoms with Crippen LogP contribution in [0, 0.1) is 5.92 Å². The number of fused-ring (bicyclic) bond motifs is 1. The van der Waals surface area contributed by atoms with Crippen molar-refractivity contribution in [3.63, 3.8) is 0 Å². The predicted octanol–water partition coefficient (Wildman–Crippen LogP) is 1.27. The molecule has 12 heteroatoms. The average Bonchev–Trinajstić information content (AvgIpc) is 3.28. The van der Waals surface area contributed by atoms with Gasteiger partial charge in [-0.2, -0.15) is 0 Å². The number of nitrogens with zero attached hydrogens (tertiary/aromatic N) is 2. The topological polar surface area (TPSA) is 139 Å². The lowest BCUT2D eigenvalue weighted by Crippen LogP contribution is -2.64. The van der Waals surface area contributed by atoms with Gasteiger partial charge in [0.15, 0.2) is 0 Å². The minimum absolute atomic E-state index is 0.0509. The SMILES string of the molecule is CC(C)C[C@H](NC(=O)[C@H](Cc1ccccc1)NC(=O)c1cnccn1)[B-]12OC(=O)[C@@H](C)[O+]1[C@@H](C)C(=O)O2. The Hall–Kier alpha value is -3.80. The van der Waals surface area contributed by atoms with E-state index in [9.17, 15) is 19.2 Å². The third-order valence-corrected chi connectivity index (χ3v) is 6.67. The molecule has 0 spiro atoms. The van der Waals surface area contributed by atoms with Crippen LogP contribution in [0.4, 0.5) is 0 Å². The monoisotopic (exact) mass is 510 g/mol. The molecule has 0 aliphatic carbocycles. The van der Waals surface area contributed by atoms with Crippen LogP contribution >= 0.6 is 0 Å². The van der Waals surface area contributed by atoms with Gasteiger partial charge in [-0.05, 0) is 17.9 Å². The fourth-order valence-electron chi connectivity index (χ4n) is 4.93. The van der Waals surface area contributed by atoms with Crippen molar-refractivity contribution < 1.29 is 32.8 Å². The normalized spacial score (nSPS) is 24.7. The summed E-state index contributed by atoms with van der Waals surface area (Å²) >= 11 is 0. The van der Waals surface area contributed by atoms with Crippen LogP contribution in [0.25, 0.3) is 0 Å². The first-order chi connectivity index (χ1) is 17.6. The summed E-state index contributed by atoms with van der Waals surface area (Å²) in [5.41, 5.74) is 0.887. The molecule has 2 saturated heterocycles. The Bertz CT molecular complexity index is 1140. The molecule has 196 valence electrons. The van der Waals surface area contributed by atoms with Crippen molar-refractivity contribution >= 4 is 30.5 Å². The molecule has 1 aromatic heterocycles. The van der Waals surface area contributed by atoms with Crippen LogP contribution in [-0.2, 0) is 34.4 Å². The number of nitrogens with one attached hydrogen (secondary N) is 2. The largest absolute Gasteiger partial charge is 0.706 e. The molecule has 0 radical (unpaired) electrons. The van der Waals surface area contributed by atoms with Crippen LogP contribution in [0.5, 0.6) is 0 Å². The average molecular weight is 510 g/mol. The van der Waals surface area contributed by atoms with Crippen molar-refractivity contribution in [2.24, 2.45) is 5.92 Å². The minimum atomic E-state index is -2.71. The first-order valence-electron chi connectivity index (χ1n) is 12.3. The highest BCUT2D eigenvalue weighted by Crippen LogP contribution is 2.42. The fraction of sp³-hybridized carbons (Fsp3) is 0.440. The maximum atomic E-state index is 13.7. The van der Waals surface area contributed by atoms with E-state index in [1.165, 1.54) is 18.6 Å². The van der Waals surface area contributed by atoms with Gasteiger partial charge in [-0.3, -0.25) is 14.6 Å². The molecule has 2 aliphatic rings. The van der Waals surface area contributed by atoms with E-state index < -0.39 is 54.7 Å². The molecule has 2 fully saturated rings. The lowest BCUT2D eigenvalue weighted by molar-refractivity contribution is -0.154. The molecule has 4 rings (SSSR count). The zero-order valence-corrected chi connectivity index (χ0v) is 21.2. The van der Waals surface area contributed by atoms with Gasteiger partial charge in [-0.25, -0.2) is 14.6 Å². The first-order valence-corrected chi connectivity index (χ1v) is 12.3. The van der Waals surface area contributed by atoms with Gasteiger partial charge in [0.25, 0.3) is 5.91 Å². The van der Waals surface area contributed by atoms with Crippen LogP contribution in [0.15, 0.2) is 48.9 Å².